The lowest BCUT2D eigenvalue weighted by Crippen LogP contribution is -2.08. The first-order valence-electron chi connectivity index (χ1n) is 6.63. The zero-order valence-corrected chi connectivity index (χ0v) is 12.6. The lowest BCUT2D eigenvalue weighted by molar-refractivity contribution is 0.0594. The van der Waals surface area contributed by atoms with E-state index in [9.17, 15) is 4.79 Å². The van der Waals surface area contributed by atoms with E-state index in [0.29, 0.717) is 11.4 Å². The Morgan fingerprint density at radius 1 is 1.14 bits per heavy atom. The Labute approximate surface area is 132 Å². The van der Waals surface area contributed by atoms with Gasteiger partial charge in [-0.05, 0) is 22.9 Å². The SMILES string of the molecule is COC(=O)c1nc(-c2ccc3ccccc3c2)cc(N)c1Cl. The lowest BCUT2D eigenvalue weighted by Gasteiger charge is -2.09. The average Bonchev–Trinajstić information content (AvgIpc) is 2.56. The zero-order chi connectivity index (χ0) is 15.7. The molecule has 22 heavy (non-hydrogen) atoms. The minimum absolute atomic E-state index is 0.0207. The van der Waals surface area contributed by atoms with Crippen LogP contribution in [0.2, 0.25) is 5.02 Å². The molecule has 0 saturated heterocycles. The Hall–Kier alpha value is -2.59. The summed E-state index contributed by atoms with van der Waals surface area (Å²) in [6.45, 7) is 0. The summed E-state index contributed by atoms with van der Waals surface area (Å²) in [5.74, 6) is -0.612. The first-order chi connectivity index (χ1) is 10.6. The predicted octanol–water partition coefficient (Wildman–Crippen LogP) is 3.92. The van der Waals surface area contributed by atoms with Crippen molar-refractivity contribution in [2.24, 2.45) is 0 Å². The maximum atomic E-state index is 11.8. The molecule has 0 unspecified atom stereocenters. The summed E-state index contributed by atoms with van der Waals surface area (Å²) in [7, 11) is 1.28. The van der Waals surface area contributed by atoms with E-state index in [0.717, 1.165) is 16.3 Å². The average molecular weight is 313 g/mol. The molecule has 0 radical (unpaired) electrons. The Balaban J connectivity index is 2.17. The van der Waals surface area contributed by atoms with Gasteiger partial charge in [0.05, 0.1) is 23.5 Å². The van der Waals surface area contributed by atoms with Gasteiger partial charge in [-0.2, -0.15) is 0 Å². The highest BCUT2D eigenvalue weighted by molar-refractivity contribution is 6.35. The number of aromatic nitrogens is 1. The van der Waals surface area contributed by atoms with Crippen LogP contribution in [0, 0.1) is 0 Å². The molecule has 0 aliphatic heterocycles. The van der Waals surface area contributed by atoms with Crippen molar-refractivity contribution in [2.45, 2.75) is 0 Å². The van der Waals surface area contributed by atoms with Crippen LogP contribution in [-0.2, 0) is 4.74 Å². The summed E-state index contributed by atoms with van der Waals surface area (Å²) in [6.07, 6.45) is 0. The number of carbonyl (C=O) groups is 1. The molecular formula is C17H13ClN2O2. The zero-order valence-electron chi connectivity index (χ0n) is 11.8. The molecule has 1 heterocycles. The number of carbonyl (C=O) groups excluding carboxylic acids is 1. The van der Waals surface area contributed by atoms with E-state index < -0.39 is 5.97 Å². The molecule has 2 aromatic carbocycles. The molecule has 110 valence electrons. The highest BCUT2D eigenvalue weighted by Crippen LogP contribution is 2.30. The first kappa shape index (κ1) is 14.4. The third kappa shape index (κ3) is 2.49. The van der Waals surface area contributed by atoms with E-state index in [1.54, 1.807) is 6.07 Å². The van der Waals surface area contributed by atoms with Crippen LogP contribution < -0.4 is 5.73 Å². The van der Waals surface area contributed by atoms with Crippen LogP contribution in [0.4, 0.5) is 5.69 Å². The Morgan fingerprint density at radius 3 is 2.59 bits per heavy atom. The summed E-state index contributed by atoms with van der Waals surface area (Å²) in [5, 5.41) is 2.31. The summed E-state index contributed by atoms with van der Waals surface area (Å²) < 4.78 is 4.69. The van der Waals surface area contributed by atoms with Gasteiger partial charge in [-0.1, -0.05) is 48.0 Å². The minimum atomic E-state index is -0.612. The van der Waals surface area contributed by atoms with Gasteiger partial charge in [0, 0.05) is 5.56 Å². The molecule has 0 saturated carbocycles. The molecule has 0 atom stereocenters. The van der Waals surface area contributed by atoms with Gasteiger partial charge in [-0.3, -0.25) is 0 Å². The number of methoxy groups -OCH3 is 1. The second-order valence-electron chi connectivity index (χ2n) is 4.81. The highest BCUT2D eigenvalue weighted by atomic mass is 35.5. The molecule has 0 fully saturated rings. The third-order valence-electron chi connectivity index (χ3n) is 3.41. The highest BCUT2D eigenvalue weighted by Gasteiger charge is 2.17. The van der Waals surface area contributed by atoms with Crippen LogP contribution in [0.15, 0.2) is 48.5 Å². The Bertz CT molecular complexity index is 878. The number of pyridine rings is 1. The molecule has 0 bridgehead atoms. The lowest BCUT2D eigenvalue weighted by atomic mass is 10.0. The molecule has 3 aromatic rings. The number of benzene rings is 2. The van der Waals surface area contributed by atoms with Crippen molar-refractivity contribution in [1.29, 1.82) is 0 Å². The number of nitrogen functional groups attached to an aromatic ring is 1. The third-order valence-corrected chi connectivity index (χ3v) is 3.81. The van der Waals surface area contributed by atoms with Gasteiger partial charge in [0.1, 0.15) is 0 Å². The smallest absolute Gasteiger partial charge is 0.358 e. The Morgan fingerprint density at radius 2 is 1.86 bits per heavy atom. The molecule has 3 rings (SSSR count). The van der Waals surface area contributed by atoms with Crippen LogP contribution >= 0.6 is 11.6 Å². The van der Waals surface area contributed by atoms with Gasteiger partial charge in [-0.15, -0.1) is 0 Å². The van der Waals surface area contributed by atoms with Gasteiger partial charge in [0.2, 0.25) is 0 Å². The number of nitrogens with two attached hydrogens (primary N) is 1. The quantitative estimate of drug-likeness (QED) is 0.728. The van der Waals surface area contributed by atoms with Crippen molar-refractivity contribution >= 4 is 34.0 Å². The number of anilines is 1. The van der Waals surface area contributed by atoms with E-state index in [1.165, 1.54) is 7.11 Å². The number of fused-ring (bicyclic) bond motifs is 1. The first-order valence-corrected chi connectivity index (χ1v) is 7.01. The van der Waals surface area contributed by atoms with E-state index in [1.807, 2.05) is 42.5 Å². The molecule has 2 N–H and O–H groups in total. The molecule has 0 spiro atoms. The fraction of sp³-hybridized carbons (Fsp3) is 0.0588. The van der Waals surface area contributed by atoms with Crippen molar-refractivity contribution in [3.63, 3.8) is 0 Å². The normalized spacial score (nSPS) is 10.6. The molecule has 5 heteroatoms. The van der Waals surface area contributed by atoms with Crippen molar-refractivity contribution < 1.29 is 9.53 Å². The van der Waals surface area contributed by atoms with Gasteiger partial charge < -0.3 is 10.5 Å². The Kier molecular flexibility index (Phi) is 3.69. The number of nitrogens with zero attached hydrogens (tertiary/aromatic N) is 1. The molecule has 0 amide bonds. The van der Waals surface area contributed by atoms with Gasteiger partial charge in [0.15, 0.2) is 5.69 Å². The second kappa shape index (κ2) is 5.66. The second-order valence-corrected chi connectivity index (χ2v) is 5.19. The van der Waals surface area contributed by atoms with E-state index in [-0.39, 0.29) is 10.7 Å². The van der Waals surface area contributed by atoms with Gasteiger partial charge in [0.25, 0.3) is 0 Å². The number of halogens is 1. The van der Waals surface area contributed by atoms with E-state index in [2.05, 4.69) is 4.98 Å². The van der Waals surface area contributed by atoms with Crippen molar-refractivity contribution in [3.8, 4) is 11.3 Å². The fourth-order valence-electron chi connectivity index (χ4n) is 2.28. The summed E-state index contributed by atoms with van der Waals surface area (Å²) in [6, 6.07) is 15.6. The number of hydrogen-bond acceptors (Lipinski definition) is 4. The van der Waals surface area contributed by atoms with Crippen LogP contribution in [0.5, 0.6) is 0 Å². The number of rotatable bonds is 2. The molecular weight excluding hydrogens is 300 g/mol. The van der Waals surface area contributed by atoms with Gasteiger partial charge in [-0.25, -0.2) is 9.78 Å². The van der Waals surface area contributed by atoms with E-state index in [4.69, 9.17) is 22.1 Å². The van der Waals surface area contributed by atoms with Crippen LogP contribution in [0.3, 0.4) is 0 Å². The van der Waals surface area contributed by atoms with Crippen molar-refractivity contribution in [3.05, 3.63) is 59.2 Å². The summed E-state index contributed by atoms with van der Waals surface area (Å²) in [5.41, 5.74) is 7.63. The van der Waals surface area contributed by atoms with Crippen molar-refractivity contribution in [1.82, 2.24) is 4.98 Å². The summed E-state index contributed by atoms with van der Waals surface area (Å²) in [4.78, 5) is 16.1. The minimum Gasteiger partial charge on any atom is -0.464 e. The standard InChI is InChI=1S/C17H13ClN2O2/c1-22-17(21)16-15(18)13(19)9-14(20-16)12-7-6-10-4-2-3-5-11(10)8-12/h2-9H,1H3,(H2,19,20). The molecule has 0 aliphatic rings. The number of hydrogen-bond donors (Lipinski definition) is 1. The molecule has 0 aliphatic carbocycles. The largest absolute Gasteiger partial charge is 0.464 e. The monoisotopic (exact) mass is 312 g/mol. The van der Waals surface area contributed by atoms with E-state index >= 15 is 0 Å². The number of ether oxygens (including phenoxy) is 1. The van der Waals surface area contributed by atoms with Crippen molar-refractivity contribution in [2.75, 3.05) is 12.8 Å². The van der Waals surface area contributed by atoms with Crippen LogP contribution in [-0.4, -0.2) is 18.1 Å². The van der Waals surface area contributed by atoms with Crippen LogP contribution in [0.25, 0.3) is 22.0 Å². The maximum absolute atomic E-state index is 11.8. The number of esters is 1. The van der Waals surface area contributed by atoms with Crippen LogP contribution in [0.1, 0.15) is 10.5 Å². The topological polar surface area (TPSA) is 65.2 Å². The molecule has 1 aromatic heterocycles. The fourth-order valence-corrected chi connectivity index (χ4v) is 2.45. The predicted molar refractivity (Wildman–Crippen MR) is 87.9 cm³/mol. The maximum Gasteiger partial charge on any atom is 0.358 e. The molecule has 4 nitrogen and oxygen atoms in total. The van der Waals surface area contributed by atoms with Gasteiger partial charge >= 0.3 is 5.97 Å². The summed E-state index contributed by atoms with van der Waals surface area (Å²) >= 11 is 6.03.